The molecule has 144 valence electrons. The van der Waals surface area contributed by atoms with Gasteiger partial charge >= 0.3 is 0 Å². The Morgan fingerprint density at radius 3 is 2.67 bits per heavy atom. The van der Waals surface area contributed by atoms with Crippen LogP contribution < -0.4 is 5.32 Å². The summed E-state index contributed by atoms with van der Waals surface area (Å²) in [6.45, 7) is 5.26. The molecule has 1 aromatic heterocycles. The molecule has 27 heavy (non-hydrogen) atoms. The number of piperidine rings is 1. The number of rotatable bonds is 5. The number of nitrogens with zero attached hydrogens (tertiary/aromatic N) is 1. The van der Waals surface area contributed by atoms with Crippen molar-refractivity contribution in [2.45, 2.75) is 44.6 Å². The number of carbonyl (C=O) groups excluding carboxylic acids is 1. The van der Waals surface area contributed by atoms with E-state index < -0.39 is 5.60 Å². The summed E-state index contributed by atoms with van der Waals surface area (Å²) in [4.78, 5) is 16.9. The molecule has 0 spiro atoms. The van der Waals surface area contributed by atoms with Crippen molar-refractivity contribution in [3.05, 3.63) is 56.8 Å². The zero-order valence-electron chi connectivity index (χ0n) is 16.0. The van der Waals surface area contributed by atoms with Gasteiger partial charge in [-0.2, -0.15) is 0 Å². The lowest BCUT2D eigenvalue weighted by Crippen LogP contribution is -2.45. The largest absolute Gasteiger partial charge is 0.385 e. The van der Waals surface area contributed by atoms with Crippen LogP contribution in [0.2, 0.25) is 0 Å². The second kappa shape index (κ2) is 7.74. The number of fused-ring (bicyclic) bond motifs is 1. The molecule has 4 rings (SSSR count). The number of carbonyl (C=O) groups is 1. The lowest BCUT2D eigenvalue weighted by molar-refractivity contribution is -0.0255. The van der Waals surface area contributed by atoms with E-state index in [1.165, 1.54) is 22.4 Å². The van der Waals surface area contributed by atoms with Crippen LogP contribution in [0.4, 0.5) is 0 Å². The number of hydrogen-bond acceptors (Lipinski definition) is 4. The number of amides is 1. The maximum absolute atomic E-state index is 12.3. The van der Waals surface area contributed by atoms with Crippen molar-refractivity contribution in [2.75, 3.05) is 26.2 Å². The summed E-state index contributed by atoms with van der Waals surface area (Å²) in [6.07, 6.45) is 4.96. The molecule has 0 radical (unpaired) electrons. The van der Waals surface area contributed by atoms with Crippen LogP contribution in [0, 0.1) is 6.92 Å². The van der Waals surface area contributed by atoms with Gasteiger partial charge in [-0.25, -0.2) is 0 Å². The van der Waals surface area contributed by atoms with Crippen molar-refractivity contribution >= 4 is 17.2 Å². The van der Waals surface area contributed by atoms with Crippen LogP contribution in [0.1, 0.15) is 50.5 Å². The molecule has 2 aromatic rings. The predicted octanol–water partition coefficient (Wildman–Crippen LogP) is 3.26. The molecule has 2 heterocycles. The molecule has 4 nitrogen and oxygen atoms in total. The number of likely N-dealkylation sites (tertiary alicyclic amines) is 1. The molecule has 1 saturated heterocycles. The highest BCUT2D eigenvalue weighted by Crippen LogP contribution is 2.33. The third-order valence-corrected chi connectivity index (χ3v) is 7.19. The lowest BCUT2D eigenvalue weighted by atomic mass is 9.84. The number of benzene rings is 1. The van der Waals surface area contributed by atoms with Crippen molar-refractivity contribution < 1.29 is 9.90 Å². The zero-order chi connectivity index (χ0) is 18.9. The van der Waals surface area contributed by atoms with Gasteiger partial charge in [0.15, 0.2) is 0 Å². The topological polar surface area (TPSA) is 52.6 Å². The van der Waals surface area contributed by atoms with E-state index in [1.807, 2.05) is 12.1 Å². The van der Waals surface area contributed by atoms with Gasteiger partial charge in [-0.3, -0.25) is 4.79 Å². The summed E-state index contributed by atoms with van der Waals surface area (Å²) in [7, 11) is 0. The van der Waals surface area contributed by atoms with Crippen LogP contribution >= 0.6 is 11.3 Å². The Labute approximate surface area is 165 Å². The van der Waals surface area contributed by atoms with Gasteiger partial charge in [0.25, 0.3) is 5.91 Å². The van der Waals surface area contributed by atoms with E-state index in [0.717, 1.165) is 55.8 Å². The standard InChI is InChI=1S/C22H28N2O2S/c1-16-5-7-18(8-6-16)22(26)9-12-24(13-10-22)14-11-23-21(25)20-15-17-3-2-4-19(17)27-20/h5-8,15,26H,2-4,9-14H2,1H3,(H,23,25). The van der Waals surface area contributed by atoms with E-state index in [2.05, 4.69) is 35.3 Å². The monoisotopic (exact) mass is 384 g/mol. The summed E-state index contributed by atoms with van der Waals surface area (Å²) < 4.78 is 0. The minimum atomic E-state index is -0.717. The van der Waals surface area contributed by atoms with E-state index in [4.69, 9.17) is 0 Å². The van der Waals surface area contributed by atoms with Gasteiger partial charge in [0, 0.05) is 31.1 Å². The maximum atomic E-state index is 12.3. The van der Waals surface area contributed by atoms with Crippen LogP contribution in [0.25, 0.3) is 0 Å². The molecule has 0 atom stereocenters. The van der Waals surface area contributed by atoms with E-state index in [1.54, 1.807) is 11.3 Å². The number of aryl methyl sites for hydroxylation is 3. The SMILES string of the molecule is Cc1ccc(C2(O)CCN(CCNC(=O)c3cc4c(s3)CCC4)CC2)cc1. The molecule has 1 aliphatic carbocycles. The van der Waals surface area contributed by atoms with Gasteiger partial charge in [0.2, 0.25) is 0 Å². The lowest BCUT2D eigenvalue weighted by Gasteiger charge is -2.38. The average molecular weight is 385 g/mol. The zero-order valence-corrected chi connectivity index (χ0v) is 16.8. The van der Waals surface area contributed by atoms with Crippen molar-refractivity contribution in [2.24, 2.45) is 0 Å². The highest BCUT2D eigenvalue weighted by atomic mass is 32.1. The number of aliphatic hydroxyl groups is 1. The Morgan fingerprint density at radius 2 is 1.96 bits per heavy atom. The summed E-state index contributed by atoms with van der Waals surface area (Å²) >= 11 is 1.66. The fourth-order valence-electron chi connectivity index (χ4n) is 4.15. The molecule has 2 N–H and O–H groups in total. The van der Waals surface area contributed by atoms with Crippen LogP contribution in [0.3, 0.4) is 0 Å². The van der Waals surface area contributed by atoms with Crippen molar-refractivity contribution in [1.29, 1.82) is 0 Å². The van der Waals surface area contributed by atoms with Gasteiger partial charge in [0.05, 0.1) is 10.5 Å². The van der Waals surface area contributed by atoms with Gasteiger partial charge < -0.3 is 15.3 Å². The number of thiophene rings is 1. The smallest absolute Gasteiger partial charge is 0.261 e. The first-order valence-corrected chi connectivity index (χ1v) is 10.8. The van der Waals surface area contributed by atoms with E-state index in [-0.39, 0.29) is 5.91 Å². The normalized spacial score (nSPS) is 19.0. The molecule has 0 saturated carbocycles. The third kappa shape index (κ3) is 4.10. The van der Waals surface area contributed by atoms with Crippen LogP contribution in [-0.2, 0) is 18.4 Å². The van der Waals surface area contributed by atoms with Crippen LogP contribution in [0.15, 0.2) is 30.3 Å². The fraction of sp³-hybridized carbons (Fsp3) is 0.500. The Bertz CT molecular complexity index is 783. The summed E-state index contributed by atoms with van der Waals surface area (Å²) in [5.74, 6) is 0.0579. The summed E-state index contributed by atoms with van der Waals surface area (Å²) in [6, 6.07) is 10.3. The number of hydrogen-bond donors (Lipinski definition) is 2. The Morgan fingerprint density at radius 1 is 1.22 bits per heavy atom. The Balaban J connectivity index is 1.23. The first kappa shape index (κ1) is 18.7. The molecule has 0 unspecified atom stereocenters. The number of nitrogens with one attached hydrogen (secondary N) is 1. The highest BCUT2D eigenvalue weighted by molar-refractivity contribution is 7.14. The van der Waals surface area contributed by atoms with Crippen LogP contribution in [-0.4, -0.2) is 42.1 Å². The molecule has 1 aliphatic heterocycles. The minimum Gasteiger partial charge on any atom is -0.385 e. The van der Waals surface area contributed by atoms with E-state index in [9.17, 15) is 9.90 Å². The van der Waals surface area contributed by atoms with Gasteiger partial charge in [-0.1, -0.05) is 29.8 Å². The first-order chi connectivity index (χ1) is 13.0. The minimum absolute atomic E-state index is 0.0579. The van der Waals surface area contributed by atoms with Gasteiger partial charge in [-0.15, -0.1) is 11.3 Å². The maximum Gasteiger partial charge on any atom is 0.261 e. The third-order valence-electron chi connectivity index (χ3n) is 5.96. The Kier molecular flexibility index (Phi) is 5.35. The summed E-state index contributed by atoms with van der Waals surface area (Å²) in [5, 5.41) is 14.0. The van der Waals surface area contributed by atoms with Gasteiger partial charge in [-0.05, 0) is 56.2 Å². The van der Waals surface area contributed by atoms with E-state index >= 15 is 0 Å². The molecular weight excluding hydrogens is 356 g/mol. The van der Waals surface area contributed by atoms with Crippen LogP contribution in [0.5, 0.6) is 0 Å². The molecule has 5 heteroatoms. The highest BCUT2D eigenvalue weighted by Gasteiger charge is 2.33. The molecule has 2 aliphatic rings. The van der Waals surface area contributed by atoms with E-state index in [0.29, 0.717) is 6.54 Å². The second-order valence-corrected chi connectivity index (χ2v) is 9.04. The van der Waals surface area contributed by atoms with Crippen molar-refractivity contribution in [3.63, 3.8) is 0 Å². The second-order valence-electron chi connectivity index (χ2n) is 7.91. The fourth-order valence-corrected chi connectivity index (χ4v) is 5.32. The Hall–Kier alpha value is -1.69. The van der Waals surface area contributed by atoms with Gasteiger partial charge in [0.1, 0.15) is 0 Å². The molecule has 0 bridgehead atoms. The molecule has 1 amide bonds. The quantitative estimate of drug-likeness (QED) is 0.832. The molecular formula is C22H28N2O2S. The van der Waals surface area contributed by atoms with Crippen molar-refractivity contribution in [1.82, 2.24) is 10.2 Å². The predicted molar refractivity (Wildman–Crippen MR) is 109 cm³/mol. The summed E-state index contributed by atoms with van der Waals surface area (Å²) in [5.41, 5.74) is 2.89. The first-order valence-electron chi connectivity index (χ1n) is 9.95. The average Bonchev–Trinajstić information content (AvgIpc) is 3.26. The van der Waals surface area contributed by atoms with Crippen molar-refractivity contribution in [3.8, 4) is 0 Å². The molecule has 1 fully saturated rings. The molecule has 1 aromatic carbocycles.